The molecule has 0 fully saturated rings. The van der Waals surface area contributed by atoms with E-state index in [0.717, 1.165) is 21.7 Å². The summed E-state index contributed by atoms with van der Waals surface area (Å²) in [6, 6.07) is 12.4. The lowest BCUT2D eigenvalue weighted by Gasteiger charge is -2.22. The number of nitrogens with one attached hydrogen (secondary N) is 1. The van der Waals surface area contributed by atoms with E-state index in [1.807, 2.05) is 39.0 Å². The van der Waals surface area contributed by atoms with Crippen LogP contribution in [0, 0.1) is 13.8 Å². The van der Waals surface area contributed by atoms with Gasteiger partial charge in [-0.25, -0.2) is 8.42 Å². The maximum atomic E-state index is 12.5. The van der Waals surface area contributed by atoms with Crippen molar-refractivity contribution in [2.75, 3.05) is 29.0 Å². The van der Waals surface area contributed by atoms with Gasteiger partial charge in [0.05, 0.1) is 18.6 Å². The number of hydrogen-bond acceptors (Lipinski definition) is 4. The Morgan fingerprint density at radius 1 is 1.15 bits per heavy atom. The first kappa shape index (κ1) is 19.8. The summed E-state index contributed by atoms with van der Waals surface area (Å²) in [5, 5.41) is 2.79. The number of carbonyl (C=O) groups is 1. The van der Waals surface area contributed by atoms with Crippen LogP contribution >= 0.6 is 0 Å². The van der Waals surface area contributed by atoms with Gasteiger partial charge in [-0.15, -0.1) is 0 Å². The molecule has 2 aromatic carbocycles. The van der Waals surface area contributed by atoms with Crippen LogP contribution in [0.25, 0.3) is 0 Å². The standard InChI is InChI=1S/C19H24N2O4S/c1-5-25-17-8-6-7-16(12-17)21(26(4,23)24)13-19(22)20-18-11-14(2)9-10-15(18)3/h6-12H,5,13H2,1-4H3,(H,20,22). The van der Waals surface area contributed by atoms with Crippen LogP contribution in [-0.4, -0.2) is 33.7 Å². The van der Waals surface area contributed by atoms with Crippen LogP contribution in [0.2, 0.25) is 0 Å². The second-order valence-corrected chi connectivity index (χ2v) is 7.97. The highest BCUT2D eigenvalue weighted by molar-refractivity contribution is 7.92. The lowest BCUT2D eigenvalue weighted by Crippen LogP contribution is -2.37. The molecule has 2 rings (SSSR count). The molecule has 0 unspecified atom stereocenters. The summed E-state index contributed by atoms with van der Waals surface area (Å²) in [5.41, 5.74) is 2.98. The molecule has 2 aromatic rings. The van der Waals surface area contributed by atoms with E-state index >= 15 is 0 Å². The van der Waals surface area contributed by atoms with E-state index in [9.17, 15) is 13.2 Å². The maximum absolute atomic E-state index is 12.5. The van der Waals surface area contributed by atoms with Crippen LogP contribution in [0.1, 0.15) is 18.1 Å². The molecule has 1 N–H and O–H groups in total. The molecule has 0 heterocycles. The monoisotopic (exact) mass is 376 g/mol. The zero-order chi connectivity index (χ0) is 19.3. The Kier molecular flexibility index (Phi) is 6.26. The molecular weight excluding hydrogens is 352 g/mol. The Morgan fingerprint density at radius 2 is 1.88 bits per heavy atom. The molecule has 0 aliphatic heterocycles. The number of carbonyl (C=O) groups excluding carboxylic acids is 1. The van der Waals surface area contributed by atoms with Crippen molar-refractivity contribution in [3.8, 4) is 5.75 Å². The lowest BCUT2D eigenvalue weighted by atomic mass is 10.1. The number of rotatable bonds is 7. The minimum atomic E-state index is -3.64. The third-order valence-corrected chi connectivity index (χ3v) is 4.91. The zero-order valence-electron chi connectivity index (χ0n) is 15.4. The van der Waals surface area contributed by atoms with Crippen molar-refractivity contribution >= 4 is 27.3 Å². The van der Waals surface area contributed by atoms with Gasteiger partial charge in [-0.1, -0.05) is 18.2 Å². The van der Waals surface area contributed by atoms with Gasteiger partial charge in [0.1, 0.15) is 12.3 Å². The van der Waals surface area contributed by atoms with Crippen LogP contribution in [0.15, 0.2) is 42.5 Å². The predicted molar refractivity (Wildman–Crippen MR) is 104 cm³/mol. The normalized spacial score (nSPS) is 11.1. The van der Waals surface area contributed by atoms with E-state index in [-0.39, 0.29) is 6.54 Å². The van der Waals surface area contributed by atoms with Crippen molar-refractivity contribution in [2.45, 2.75) is 20.8 Å². The molecular formula is C19H24N2O4S. The zero-order valence-corrected chi connectivity index (χ0v) is 16.3. The van der Waals surface area contributed by atoms with Crippen LogP contribution in [0.4, 0.5) is 11.4 Å². The van der Waals surface area contributed by atoms with Gasteiger partial charge in [0.2, 0.25) is 15.9 Å². The summed E-state index contributed by atoms with van der Waals surface area (Å²) >= 11 is 0. The number of sulfonamides is 1. The second-order valence-electron chi connectivity index (χ2n) is 6.07. The molecule has 0 atom stereocenters. The Morgan fingerprint density at radius 3 is 2.54 bits per heavy atom. The molecule has 1 amide bonds. The number of ether oxygens (including phenoxy) is 1. The third-order valence-electron chi connectivity index (χ3n) is 3.77. The summed E-state index contributed by atoms with van der Waals surface area (Å²) in [4.78, 5) is 12.5. The van der Waals surface area contributed by atoms with Crippen LogP contribution in [0.5, 0.6) is 5.75 Å². The van der Waals surface area contributed by atoms with Crippen molar-refractivity contribution < 1.29 is 17.9 Å². The summed E-state index contributed by atoms with van der Waals surface area (Å²) in [5.74, 6) is 0.138. The van der Waals surface area contributed by atoms with E-state index in [0.29, 0.717) is 23.7 Å². The molecule has 6 nitrogen and oxygen atoms in total. The number of amides is 1. The third kappa shape index (κ3) is 5.23. The average molecular weight is 376 g/mol. The Hall–Kier alpha value is -2.54. The number of benzene rings is 2. The first-order chi connectivity index (χ1) is 12.2. The molecule has 0 aliphatic carbocycles. The first-order valence-corrected chi connectivity index (χ1v) is 10.1. The number of aryl methyl sites for hydroxylation is 2. The van der Waals surface area contributed by atoms with Gasteiger partial charge in [0, 0.05) is 11.8 Å². The molecule has 7 heteroatoms. The highest BCUT2D eigenvalue weighted by Gasteiger charge is 2.21. The van der Waals surface area contributed by atoms with Crippen LogP contribution in [0.3, 0.4) is 0 Å². The minimum Gasteiger partial charge on any atom is -0.494 e. The van der Waals surface area contributed by atoms with E-state index in [1.165, 1.54) is 0 Å². The Bertz CT molecular complexity index is 894. The smallest absolute Gasteiger partial charge is 0.245 e. The van der Waals surface area contributed by atoms with Crippen LogP contribution < -0.4 is 14.4 Å². The molecule has 0 saturated carbocycles. The van der Waals surface area contributed by atoms with Gasteiger partial charge in [0.15, 0.2) is 0 Å². The highest BCUT2D eigenvalue weighted by Crippen LogP contribution is 2.24. The Labute approximate surface area is 154 Å². The molecule has 0 aliphatic rings. The maximum Gasteiger partial charge on any atom is 0.245 e. The van der Waals surface area contributed by atoms with Crippen molar-refractivity contribution in [2.24, 2.45) is 0 Å². The summed E-state index contributed by atoms with van der Waals surface area (Å²) in [6.07, 6.45) is 1.07. The van der Waals surface area contributed by atoms with Crippen molar-refractivity contribution in [1.29, 1.82) is 0 Å². The number of nitrogens with zero attached hydrogens (tertiary/aromatic N) is 1. The summed E-state index contributed by atoms with van der Waals surface area (Å²) < 4.78 is 30.9. The van der Waals surface area contributed by atoms with Gasteiger partial charge >= 0.3 is 0 Å². The fourth-order valence-electron chi connectivity index (χ4n) is 2.49. The van der Waals surface area contributed by atoms with Crippen molar-refractivity contribution in [3.63, 3.8) is 0 Å². The minimum absolute atomic E-state index is 0.318. The van der Waals surface area contributed by atoms with Gasteiger partial charge in [0.25, 0.3) is 0 Å². The molecule has 0 saturated heterocycles. The molecule has 0 radical (unpaired) electrons. The summed E-state index contributed by atoms with van der Waals surface area (Å²) in [6.45, 7) is 5.81. The van der Waals surface area contributed by atoms with Crippen molar-refractivity contribution in [1.82, 2.24) is 0 Å². The quantitative estimate of drug-likeness (QED) is 0.806. The fraction of sp³-hybridized carbons (Fsp3) is 0.316. The topological polar surface area (TPSA) is 75.7 Å². The fourth-order valence-corrected chi connectivity index (χ4v) is 3.33. The first-order valence-electron chi connectivity index (χ1n) is 8.28. The largest absolute Gasteiger partial charge is 0.494 e. The SMILES string of the molecule is CCOc1cccc(N(CC(=O)Nc2cc(C)ccc2C)S(C)(=O)=O)c1. The Balaban J connectivity index is 2.24. The van der Waals surface area contributed by atoms with E-state index in [2.05, 4.69) is 5.32 Å². The molecule has 0 aromatic heterocycles. The molecule has 26 heavy (non-hydrogen) atoms. The number of hydrogen-bond donors (Lipinski definition) is 1. The van der Waals surface area contributed by atoms with E-state index < -0.39 is 15.9 Å². The number of anilines is 2. The lowest BCUT2D eigenvalue weighted by molar-refractivity contribution is -0.114. The van der Waals surface area contributed by atoms with Crippen molar-refractivity contribution in [3.05, 3.63) is 53.6 Å². The molecule has 140 valence electrons. The van der Waals surface area contributed by atoms with Gasteiger partial charge < -0.3 is 10.1 Å². The second kappa shape index (κ2) is 8.23. The van der Waals surface area contributed by atoms with Gasteiger partial charge in [-0.3, -0.25) is 9.10 Å². The van der Waals surface area contributed by atoms with Crippen LogP contribution in [-0.2, 0) is 14.8 Å². The average Bonchev–Trinajstić information content (AvgIpc) is 2.55. The molecule has 0 bridgehead atoms. The summed E-state index contributed by atoms with van der Waals surface area (Å²) in [7, 11) is -3.64. The van der Waals surface area contributed by atoms with E-state index in [1.54, 1.807) is 24.3 Å². The van der Waals surface area contributed by atoms with Gasteiger partial charge in [-0.05, 0) is 50.1 Å². The predicted octanol–water partition coefficient (Wildman–Crippen LogP) is 3.11. The molecule has 0 spiro atoms. The highest BCUT2D eigenvalue weighted by atomic mass is 32.2. The van der Waals surface area contributed by atoms with Gasteiger partial charge in [-0.2, -0.15) is 0 Å². The van der Waals surface area contributed by atoms with E-state index in [4.69, 9.17) is 4.74 Å².